The van der Waals surface area contributed by atoms with E-state index in [1.807, 2.05) is 18.2 Å². The lowest BCUT2D eigenvalue weighted by Crippen LogP contribution is -2.30. The third-order valence-electron chi connectivity index (χ3n) is 2.10. The molecule has 2 rings (SSSR count). The molecule has 0 fully saturated rings. The van der Waals surface area contributed by atoms with Crippen molar-refractivity contribution < 1.29 is 9.32 Å². The van der Waals surface area contributed by atoms with Crippen LogP contribution in [0.15, 0.2) is 45.7 Å². The molecule has 1 aromatic carbocycles. The van der Waals surface area contributed by atoms with E-state index in [0.717, 1.165) is 5.56 Å². The number of carbonyl (C=O) groups excluding carboxylic acids is 1. The molecule has 0 bridgehead atoms. The fraction of sp³-hybridized carbons (Fsp3) is 0.0909. The molecule has 5 heteroatoms. The standard InChI is InChI=1S/C11H10N2O3/c1-12-11(15)13-10(14)7-9(16-13)8-5-3-2-4-6-8/h2-7H,1H3,(H,12,15). The van der Waals surface area contributed by atoms with Crippen molar-refractivity contribution in [3.8, 4) is 11.3 Å². The molecule has 0 saturated carbocycles. The van der Waals surface area contributed by atoms with Gasteiger partial charge in [-0.2, -0.15) is 0 Å². The highest BCUT2D eigenvalue weighted by Gasteiger charge is 2.12. The van der Waals surface area contributed by atoms with Gasteiger partial charge in [-0.25, -0.2) is 4.79 Å². The predicted octanol–water partition coefficient (Wildman–Crippen LogP) is 1.30. The number of nitrogens with zero attached hydrogens (tertiary/aromatic N) is 1. The molecule has 1 heterocycles. The van der Waals surface area contributed by atoms with E-state index in [4.69, 9.17) is 4.52 Å². The van der Waals surface area contributed by atoms with Gasteiger partial charge in [0.25, 0.3) is 5.56 Å². The van der Waals surface area contributed by atoms with Crippen molar-refractivity contribution in [1.29, 1.82) is 0 Å². The molecule has 2 aromatic rings. The zero-order chi connectivity index (χ0) is 11.5. The molecular formula is C11H10N2O3. The average Bonchev–Trinajstić information content (AvgIpc) is 2.71. The summed E-state index contributed by atoms with van der Waals surface area (Å²) >= 11 is 0. The Labute approximate surface area is 91.3 Å². The van der Waals surface area contributed by atoms with E-state index in [1.54, 1.807) is 12.1 Å². The van der Waals surface area contributed by atoms with Gasteiger partial charge in [0.05, 0.1) is 6.07 Å². The Kier molecular flexibility index (Phi) is 2.59. The third kappa shape index (κ3) is 1.75. The molecule has 0 aliphatic carbocycles. The van der Waals surface area contributed by atoms with Gasteiger partial charge in [-0.3, -0.25) is 4.79 Å². The van der Waals surface area contributed by atoms with E-state index >= 15 is 0 Å². The van der Waals surface area contributed by atoms with Gasteiger partial charge >= 0.3 is 6.03 Å². The maximum atomic E-state index is 11.4. The zero-order valence-electron chi connectivity index (χ0n) is 8.64. The van der Waals surface area contributed by atoms with Gasteiger partial charge in [0.2, 0.25) is 0 Å². The second kappa shape index (κ2) is 4.06. The molecule has 0 radical (unpaired) electrons. The van der Waals surface area contributed by atoms with Crippen LogP contribution in [0.5, 0.6) is 0 Å². The van der Waals surface area contributed by atoms with Crippen molar-refractivity contribution in [3.05, 3.63) is 46.8 Å². The summed E-state index contributed by atoms with van der Waals surface area (Å²) in [7, 11) is 1.43. The number of hydrogen-bond donors (Lipinski definition) is 1. The van der Waals surface area contributed by atoms with Gasteiger partial charge in [0.1, 0.15) is 0 Å². The fourth-order valence-electron chi connectivity index (χ4n) is 1.32. The lowest BCUT2D eigenvalue weighted by atomic mass is 10.2. The SMILES string of the molecule is CNC(=O)n1oc(-c2ccccc2)cc1=O. The van der Waals surface area contributed by atoms with Crippen LogP contribution in [0.3, 0.4) is 0 Å². The second-order valence-corrected chi connectivity index (χ2v) is 3.15. The Morgan fingerprint density at radius 3 is 2.62 bits per heavy atom. The van der Waals surface area contributed by atoms with Crippen LogP contribution >= 0.6 is 0 Å². The molecule has 0 unspecified atom stereocenters. The summed E-state index contributed by atoms with van der Waals surface area (Å²) < 4.78 is 5.83. The molecule has 82 valence electrons. The van der Waals surface area contributed by atoms with Crippen LogP contribution in [-0.2, 0) is 0 Å². The second-order valence-electron chi connectivity index (χ2n) is 3.15. The Morgan fingerprint density at radius 1 is 1.31 bits per heavy atom. The summed E-state index contributed by atoms with van der Waals surface area (Å²) in [5.74, 6) is 0.370. The summed E-state index contributed by atoms with van der Waals surface area (Å²) in [6.45, 7) is 0. The monoisotopic (exact) mass is 218 g/mol. The predicted molar refractivity (Wildman–Crippen MR) is 58.3 cm³/mol. The van der Waals surface area contributed by atoms with Gasteiger partial charge in [-0.1, -0.05) is 35.1 Å². The summed E-state index contributed by atoms with van der Waals surface area (Å²) in [4.78, 5) is 22.7. The highest BCUT2D eigenvalue weighted by Crippen LogP contribution is 2.16. The molecule has 0 aliphatic heterocycles. The Balaban J connectivity index is 2.47. The first-order chi connectivity index (χ1) is 7.72. The number of rotatable bonds is 1. The number of benzene rings is 1. The first-order valence-electron chi connectivity index (χ1n) is 4.73. The molecular weight excluding hydrogens is 208 g/mol. The van der Waals surface area contributed by atoms with Gasteiger partial charge in [-0.05, 0) is 0 Å². The lowest BCUT2D eigenvalue weighted by Gasteiger charge is -1.97. The first-order valence-corrected chi connectivity index (χ1v) is 4.73. The van der Waals surface area contributed by atoms with Crippen molar-refractivity contribution in [2.24, 2.45) is 0 Å². The molecule has 1 N–H and O–H groups in total. The van der Waals surface area contributed by atoms with E-state index in [2.05, 4.69) is 5.32 Å². The number of nitrogens with one attached hydrogen (secondary N) is 1. The maximum absolute atomic E-state index is 11.4. The smallest absolute Gasteiger partial charge is 0.358 e. The third-order valence-corrected chi connectivity index (χ3v) is 2.10. The van der Waals surface area contributed by atoms with Crippen LogP contribution in [-0.4, -0.2) is 17.8 Å². The van der Waals surface area contributed by atoms with Crippen LogP contribution < -0.4 is 10.9 Å². The van der Waals surface area contributed by atoms with E-state index < -0.39 is 11.6 Å². The molecule has 0 aliphatic rings. The normalized spacial score (nSPS) is 10.1. The Bertz CT molecular complexity index is 554. The molecule has 0 spiro atoms. The summed E-state index contributed by atoms with van der Waals surface area (Å²) in [5, 5.41) is 2.32. The Morgan fingerprint density at radius 2 is 2.00 bits per heavy atom. The minimum Gasteiger partial charge on any atom is -0.366 e. The lowest BCUT2D eigenvalue weighted by molar-refractivity contribution is 0.213. The minimum absolute atomic E-state index is 0.370. The van der Waals surface area contributed by atoms with Crippen molar-refractivity contribution in [1.82, 2.24) is 10.1 Å². The molecule has 0 atom stereocenters. The van der Waals surface area contributed by atoms with Gasteiger partial charge in [-0.15, -0.1) is 0 Å². The van der Waals surface area contributed by atoms with Crippen LogP contribution in [0, 0.1) is 0 Å². The Hall–Kier alpha value is -2.30. The quantitative estimate of drug-likeness (QED) is 0.784. The van der Waals surface area contributed by atoms with E-state index in [9.17, 15) is 9.59 Å². The van der Waals surface area contributed by atoms with Crippen molar-refractivity contribution in [2.75, 3.05) is 7.05 Å². The number of hydrogen-bond acceptors (Lipinski definition) is 3. The summed E-state index contributed by atoms with van der Waals surface area (Å²) in [6, 6.07) is 9.80. The van der Waals surface area contributed by atoms with Gasteiger partial charge in [0, 0.05) is 12.6 Å². The molecule has 5 nitrogen and oxygen atoms in total. The van der Waals surface area contributed by atoms with Crippen LogP contribution in [0.25, 0.3) is 11.3 Å². The summed E-state index contributed by atoms with van der Waals surface area (Å²) in [5.41, 5.74) is 0.264. The molecule has 0 saturated heterocycles. The highest BCUT2D eigenvalue weighted by molar-refractivity contribution is 5.75. The van der Waals surface area contributed by atoms with Crippen LogP contribution in [0.4, 0.5) is 4.79 Å². The maximum Gasteiger partial charge on any atom is 0.358 e. The van der Waals surface area contributed by atoms with Gasteiger partial charge < -0.3 is 9.84 Å². The van der Waals surface area contributed by atoms with Gasteiger partial charge in [0.15, 0.2) is 5.76 Å². The van der Waals surface area contributed by atoms with Crippen molar-refractivity contribution >= 4 is 6.03 Å². The number of aromatic nitrogens is 1. The van der Waals surface area contributed by atoms with Crippen molar-refractivity contribution in [3.63, 3.8) is 0 Å². The fourth-order valence-corrected chi connectivity index (χ4v) is 1.32. The topological polar surface area (TPSA) is 64.2 Å². The largest absolute Gasteiger partial charge is 0.366 e. The molecule has 1 amide bonds. The highest BCUT2D eigenvalue weighted by atomic mass is 16.5. The number of amides is 1. The van der Waals surface area contributed by atoms with Crippen LogP contribution in [0.2, 0.25) is 0 Å². The minimum atomic E-state index is -0.591. The van der Waals surface area contributed by atoms with Crippen LogP contribution in [0.1, 0.15) is 0 Å². The molecule has 1 aromatic heterocycles. The van der Waals surface area contributed by atoms with Crippen molar-refractivity contribution in [2.45, 2.75) is 0 Å². The average molecular weight is 218 g/mol. The number of carbonyl (C=O) groups is 1. The zero-order valence-corrected chi connectivity index (χ0v) is 8.64. The summed E-state index contributed by atoms with van der Waals surface area (Å²) in [6.07, 6.45) is 0. The first kappa shape index (κ1) is 10.2. The van der Waals surface area contributed by atoms with E-state index in [0.29, 0.717) is 10.5 Å². The molecule has 16 heavy (non-hydrogen) atoms. The van der Waals surface area contributed by atoms with E-state index in [1.165, 1.54) is 13.1 Å². The van der Waals surface area contributed by atoms with E-state index in [-0.39, 0.29) is 0 Å².